The third-order valence-electron chi connectivity index (χ3n) is 3.32. The summed E-state index contributed by atoms with van der Waals surface area (Å²) in [4.78, 5) is 0. The minimum Gasteiger partial charge on any atom is -0.396 e. The fourth-order valence-electron chi connectivity index (χ4n) is 2.40. The number of nitrogens with one attached hydrogen (secondary N) is 1. The number of hydrogen-bond acceptors (Lipinski definition) is 3. The molecule has 0 spiro atoms. The van der Waals surface area contributed by atoms with Gasteiger partial charge in [0, 0.05) is 23.4 Å². The zero-order valence-corrected chi connectivity index (χ0v) is 11.1. The molecule has 0 heterocycles. The highest BCUT2D eigenvalue weighted by molar-refractivity contribution is 7.99. The minimum atomic E-state index is 0.0741. The molecule has 0 aromatic carbocycles. The summed E-state index contributed by atoms with van der Waals surface area (Å²) in [6.07, 6.45) is 8.41. The van der Waals surface area contributed by atoms with Crippen molar-refractivity contribution in [3.8, 4) is 0 Å². The number of thioether (sulfide) groups is 1. The van der Waals surface area contributed by atoms with Crippen molar-refractivity contribution in [2.24, 2.45) is 0 Å². The topological polar surface area (TPSA) is 32.3 Å². The Hall–Kier alpha value is 0.270. The second kappa shape index (κ2) is 6.12. The van der Waals surface area contributed by atoms with Gasteiger partial charge in [-0.2, -0.15) is 11.8 Å². The van der Waals surface area contributed by atoms with Gasteiger partial charge in [0.15, 0.2) is 0 Å². The average Bonchev–Trinajstić information content (AvgIpc) is 2.17. The second-order valence-corrected chi connectivity index (χ2v) is 6.24. The lowest BCUT2D eigenvalue weighted by Crippen LogP contribution is -2.51. The Balaban J connectivity index is 2.46. The molecule has 1 aliphatic rings. The maximum Gasteiger partial charge on any atom is 0.0448 e. The Bertz CT molecular complexity index is 184. The normalized spacial score (nSPS) is 28.0. The van der Waals surface area contributed by atoms with E-state index in [4.69, 9.17) is 5.11 Å². The van der Waals surface area contributed by atoms with Gasteiger partial charge in [-0.3, -0.25) is 0 Å². The van der Waals surface area contributed by atoms with Crippen LogP contribution >= 0.6 is 11.8 Å². The minimum absolute atomic E-state index is 0.0741. The third-order valence-corrected chi connectivity index (χ3v) is 4.49. The fourth-order valence-corrected chi connectivity index (χ4v) is 3.33. The van der Waals surface area contributed by atoms with Crippen molar-refractivity contribution in [2.75, 3.05) is 12.9 Å². The molecule has 1 saturated carbocycles. The first kappa shape index (κ1) is 13.3. The van der Waals surface area contributed by atoms with Gasteiger partial charge in [0.1, 0.15) is 0 Å². The first-order valence-corrected chi connectivity index (χ1v) is 7.29. The van der Waals surface area contributed by atoms with E-state index in [9.17, 15) is 0 Å². The number of aliphatic hydroxyl groups is 1. The van der Waals surface area contributed by atoms with Crippen molar-refractivity contribution < 1.29 is 5.11 Å². The van der Waals surface area contributed by atoms with Gasteiger partial charge in [-0.15, -0.1) is 0 Å². The van der Waals surface area contributed by atoms with Crippen LogP contribution in [0, 0.1) is 0 Å². The Morgan fingerprint density at radius 1 is 1.33 bits per heavy atom. The molecule has 1 rings (SSSR count). The number of aliphatic hydroxyl groups excluding tert-OH is 1. The van der Waals surface area contributed by atoms with Gasteiger partial charge in [0.25, 0.3) is 0 Å². The predicted octanol–water partition coefficient (Wildman–Crippen LogP) is 2.41. The van der Waals surface area contributed by atoms with Gasteiger partial charge in [-0.1, -0.05) is 12.8 Å². The number of hydrogen-bond donors (Lipinski definition) is 2. The van der Waals surface area contributed by atoms with Crippen molar-refractivity contribution in [2.45, 2.75) is 62.8 Å². The maximum atomic E-state index is 9.01. The van der Waals surface area contributed by atoms with Crippen LogP contribution in [0.1, 0.15) is 46.0 Å². The quantitative estimate of drug-likeness (QED) is 0.762. The van der Waals surface area contributed by atoms with Gasteiger partial charge in [-0.05, 0) is 39.4 Å². The van der Waals surface area contributed by atoms with E-state index in [1.165, 1.54) is 25.7 Å². The van der Waals surface area contributed by atoms with Crippen LogP contribution in [0.3, 0.4) is 0 Å². The first-order valence-electron chi connectivity index (χ1n) is 6.00. The lowest BCUT2D eigenvalue weighted by atomic mass is 9.91. The monoisotopic (exact) mass is 231 g/mol. The predicted molar refractivity (Wildman–Crippen MR) is 68.5 cm³/mol. The Kier molecular flexibility index (Phi) is 5.44. The molecular formula is C12H25NOS. The van der Waals surface area contributed by atoms with E-state index in [-0.39, 0.29) is 12.1 Å². The maximum absolute atomic E-state index is 9.01. The lowest BCUT2D eigenvalue weighted by Gasteiger charge is -2.38. The van der Waals surface area contributed by atoms with Gasteiger partial charge < -0.3 is 10.4 Å². The second-order valence-electron chi connectivity index (χ2n) is 5.17. The molecule has 90 valence electrons. The zero-order valence-electron chi connectivity index (χ0n) is 10.3. The molecule has 0 amide bonds. The Labute approximate surface area is 98.2 Å². The zero-order chi connectivity index (χ0) is 11.3. The highest BCUT2D eigenvalue weighted by Gasteiger charge is 2.29. The number of rotatable bonds is 5. The lowest BCUT2D eigenvalue weighted by molar-refractivity contribution is 0.208. The van der Waals surface area contributed by atoms with Crippen LogP contribution in [0.15, 0.2) is 0 Å². The van der Waals surface area contributed by atoms with E-state index >= 15 is 0 Å². The molecule has 2 N–H and O–H groups in total. The van der Waals surface area contributed by atoms with E-state index in [1.807, 2.05) is 11.8 Å². The third kappa shape index (κ3) is 4.33. The molecular weight excluding hydrogens is 206 g/mol. The van der Waals surface area contributed by atoms with Gasteiger partial charge >= 0.3 is 0 Å². The SMILES string of the molecule is CSC1CCCCC1NC(C)(C)CCO. The highest BCUT2D eigenvalue weighted by atomic mass is 32.2. The molecule has 15 heavy (non-hydrogen) atoms. The van der Waals surface area contributed by atoms with E-state index in [0.29, 0.717) is 6.04 Å². The smallest absolute Gasteiger partial charge is 0.0448 e. The molecule has 3 heteroatoms. The van der Waals surface area contributed by atoms with Crippen molar-refractivity contribution in [1.29, 1.82) is 0 Å². The summed E-state index contributed by atoms with van der Waals surface area (Å²) < 4.78 is 0. The van der Waals surface area contributed by atoms with Crippen molar-refractivity contribution in [3.63, 3.8) is 0 Å². The molecule has 0 aromatic heterocycles. The van der Waals surface area contributed by atoms with Crippen molar-refractivity contribution in [1.82, 2.24) is 5.32 Å². The molecule has 1 fully saturated rings. The van der Waals surface area contributed by atoms with Crippen molar-refractivity contribution in [3.05, 3.63) is 0 Å². The Morgan fingerprint density at radius 3 is 2.60 bits per heavy atom. The van der Waals surface area contributed by atoms with E-state index in [2.05, 4.69) is 25.4 Å². The van der Waals surface area contributed by atoms with E-state index < -0.39 is 0 Å². The van der Waals surface area contributed by atoms with Gasteiger partial charge in [0.05, 0.1) is 0 Å². The van der Waals surface area contributed by atoms with E-state index in [0.717, 1.165) is 11.7 Å². The van der Waals surface area contributed by atoms with Crippen LogP contribution in [-0.4, -0.2) is 34.8 Å². The molecule has 2 unspecified atom stereocenters. The molecule has 2 atom stereocenters. The van der Waals surface area contributed by atoms with Crippen LogP contribution in [0.4, 0.5) is 0 Å². The Morgan fingerprint density at radius 2 is 2.00 bits per heavy atom. The van der Waals surface area contributed by atoms with E-state index in [1.54, 1.807) is 0 Å². The fraction of sp³-hybridized carbons (Fsp3) is 1.00. The summed E-state index contributed by atoms with van der Waals surface area (Å²) in [5.41, 5.74) is 0.0741. The molecule has 0 aliphatic heterocycles. The summed E-state index contributed by atoms with van der Waals surface area (Å²) in [5.74, 6) is 0. The largest absolute Gasteiger partial charge is 0.396 e. The molecule has 0 bridgehead atoms. The summed E-state index contributed by atoms with van der Waals surface area (Å²) in [5, 5.41) is 13.5. The summed E-state index contributed by atoms with van der Waals surface area (Å²) in [7, 11) is 0. The summed E-state index contributed by atoms with van der Waals surface area (Å²) in [6.45, 7) is 4.65. The standard InChI is InChI=1S/C12H25NOS/c1-12(2,8-9-14)13-10-6-4-5-7-11(10)15-3/h10-11,13-14H,4-9H2,1-3H3. The summed E-state index contributed by atoms with van der Waals surface area (Å²) in [6, 6.07) is 0.635. The van der Waals surface area contributed by atoms with Crippen LogP contribution in [0.25, 0.3) is 0 Å². The van der Waals surface area contributed by atoms with Crippen LogP contribution < -0.4 is 5.32 Å². The first-order chi connectivity index (χ1) is 7.09. The van der Waals surface area contributed by atoms with Gasteiger partial charge in [-0.25, -0.2) is 0 Å². The van der Waals surface area contributed by atoms with Crippen LogP contribution in [0.5, 0.6) is 0 Å². The van der Waals surface area contributed by atoms with Crippen LogP contribution in [-0.2, 0) is 0 Å². The molecule has 0 aromatic rings. The highest BCUT2D eigenvalue weighted by Crippen LogP contribution is 2.28. The van der Waals surface area contributed by atoms with Crippen LogP contribution in [0.2, 0.25) is 0 Å². The van der Waals surface area contributed by atoms with Gasteiger partial charge in [0.2, 0.25) is 0 Å². The average molecular weight is 231 g/mol. The molecule has 1 aliphatic carbocycles. The van der Waals surface area contributed by atoms with Crippen molar-refractivity contribution >= 4 is 11.8 Å². The summed E-state index contributed by atoms with van der Waals surface area (Å²) >= 11 is 1.99. The molecule has 0 radical (unpaired) electrons. The molecule has 2 nitrogen and oxygen atoms in total. The molecule has 0 saturated heterocycles.